The van der Waals surface area contributed by atoms with Gasteiger partial charge in [0, 0.05) is 38.8 Å². The van der Waals surface area contributed by atoms with E-state index in [9.17, 15) is 4.79 Å². The van der Waals surface area contributed by atoms with E-state index < -0.39 is 0 Å². The zero-order valence-electron chi connectivity index (χ0n) is 15.3. The Morgan fingerprint density at radius 1 is 1.12 bits per heavy atom. The lowest BCUT2D eigenvalue weighted by Crippen LogP contribution is -2.49. The standard InChI is InChI=1S/C19H25N3O4/c1-3-24-16-4-6-17(7-5-16)25-13-12-21-8-10-22(11-9-21)19(23)18-14-15(2)20-26-18/h4-7,14H,3,8-13H2,1-2H3. The number of aromatic nitrogens is 1. The highest BCUT2D eigenvalue weighted by Gasteiger charge is 2.24. The topological polar surface area (TPSA) is 68.0 Å². The lowest BCUT2D eigenvalue weighted by atomic mass is 10.2. The summed E-state index contributed by atoms with van der Waals surface area (Å²) in [7, 11) is 0. The maximum Gasteiger partial charge on any atom is 0.292 e. The van der Waals surface area contributed by atoms with Gasteiger partial charge in [0.15, 0.2) is 0 Å². The predicted octanol–water partition coefficient (Wildman–Crippen LogP) is 2.22. The Balaban J connectivity index is 1.38. The number of ether oxygens (including phenoxy) is 2. The van der Waals surface area contributed by atoms with Gasteiger partial charge in [-0.25, -0.2) is 0 Å². The summed E-state index contributed by atoms with van der Waals surface area (Å²) < 4.78 is 16.3. The van der Waals surface area contributed by atoms with Crippen LogP contribution in [0.4, 0.5) is 0 Å². The molecule has 0 unspecified atom stereocenters. The van der Waals surface area contributed by atoms with Gasteiger partial charge in [-0.3, -0.25) is 9.69 Å². The van der Waals surface area contributed by atoms with Crippen LogP contribution in [0.15, 0.2) is 34.9 Å². The minimum Gasteiger partial charge on any atom is -0.494 e. The van der Waals surface area contributed by atoms with Crippen LogP contribution in [0.3, 0.4) is 0 Å². The molecule has 0 N–H and O–H groups in total. The molecule has 0 atom stereocenters. The molecule has 1 aromatic heterocycles. The molecule has 0 aliphatic carbocycles. The summed E-state index contributed by atoms with van der Waals surface area (Å²) in [6, 6.07) is 9.34. The summed E-state index contributed by atoms with van der Waals surface area (Å²) >= 11 is 0. The van der Waals surface area contributed by atoms with Crippen LogP contribution in [0.5, 0.6) is 11.5 Å². The summed E-state index contributed by atoms with van der Waals surface area (Å²) in [5.41, 5.74) is 0.721. The van der Waals surface area contributed by atoms with Crippen LogP contribution in [0.25, 0.3) is 0 Å². The van der Waals surface area contributed by atoms with Crippen molar-refractivity contribution in [3.05, 3.63) is 41.8 Å². The van der Waals surface area contributed by atoms with Crippen LogP contribution >= 0.6 is 0 Å². The number of carbonyl (C=O) groups excluding carboxylic acids is 1. The molecule has 0 radical (unpaired) electrons. The number of amides is 1. The quantitative estimate of drug-likeness (QED) is 0.755. The molecule has 1 saturated heterocycles. The Bertz CT molecular complexity index is 706. The maximum absolute atomic E-state index is 12.3. The first-order chi connectivity index (χ1) is 12.7. The molecule has 7 nitrogen and oxygen atoms in total. The highest BCUT2D eigenvalue weighted by molar-refractivity contribution is 5.91. The van der Waals surface area contributed by atoms with Crippen molar-refractivity contribution in [3.8, 4) is 11.5 Å². The molecule has 0 spiro atoms. The number of rotatable bonds is 7. The molecule has 0 bridgehead atoms. The van der Waals surface area contributed by atoms with Crippen molar-refractivity contribution in [1.29, 1.82) is 0 Å². The third kappa shape index (κ3) is 4.76. The molecule has 1 aromatic carbocycles. The molecule has 1 aliphatic heterocycles. The second-order valence-corrected chi connectivity index (χ2v) is 6.22. The number of hydrogen-bond acceptors (Lipinski definition) is 6. The highest BCUT2D eigenvalue weighted by atomic mass is 16.5. The van der Waals surface area contributed by atoms with Crippen LogP contribution in [0, 0.1) is 6.92 Å². The van der Waals surface area contributed by atoms with E-state index in [1.54, 1.807) is 6.07 Å². The number of aryl methyl sites for hydroxylation is 1. The number of hydrogen-bond donors (Lipinski definition) is 0. The molecule has 140 valence electrons. The van der Waals surface area contributed by atoms with Gasteiger partial charge >= 0.3 is 0 Å². The number of piperazine rings is 1. The van der Waals surface area contributed by atoms with Crippen LogP contribution < -0.4 is 9.47 Å². The molecule has 26 heavy (non-hydrogen) atoms. The predicted molar refractivity (Wildman–Crippen MR) is 96.7 cm³/mol. The first-order valence-electron chi connectivity index (χ1n) is 8.96. The third-order valence-electron chi connectivity index (χ3n) is 4.31. The van der Waals surface area contributed by atoms with Gasteiger partial charge in [-0.1, -0.05) is 5.16 Å². The fraction of sp³-hybridized carbons (Fsp3) is 0.474. The smallest absolute Gasteiger partial charge is 0.292 e. The number of nitrogens with zero attached hydrogens (tertiary/aromatic N) is 3. The highest BCUT2D eigenvalue weighted by Crippen LogP contribution is 2.17. The van der Waals surface area contributed by atoms with Gasteiger partial charge in [0.05, 0.1) is 12.3 Å². The maximum atomic E-state index is 12.3. The average Bonchev–Trinajstić information content (AvgIpc) is 3.10. The molecule has 7 heteroatoms. The summed E-state index contributed by atoms with van der Waals surface area (Å²) in [5.74, 6) is 1.91. The van der Waals surface area contributed by atoms with Crippen LogP contribution in [-0.2, 0) is 0 Å². The molecular formula is C19H25N3O4. The molecule has 2 heterocycles. The van der Waals surface area contributed by atoms with E-state index in [4.69, 9.17) is 14.0 Å². The van der Waals surface area contributed by atoms with E-state index >= 15 is 0 Å². The summed E-state index contributed by atoms with van der Waals surface area (Å²) in [6.45, 7) is 8.89. The molecular weight excluding hydrogens is 334 g/mol. The van der Waals surface area contributed by atoms with Crippen LogP contribution in [-0.4, -0.2) is 66.8 Å². The normalized spacial score (nSPS) is 15.1. The van der Waals surface area contributed by atoms with Gasteiger partial charge in [0.25, 0.3) is 5.91 Å². The van der Waals surface area contributed by atoms with E-state index in [2.05, 4.69) is 10.1 Å². The van der Waals surface area contributed by atoms with Gasteiger partial charge in [0.1, 0.15) is 18.1 Å². The Kier molecular flexibility index (Phi) is 6.12. The Hall–Kier alpha value is -2.54. The lowest BCUT2D eigenvalue weighted by molar-refractivity contribution is 0.0581. The number of carbonyl (C=O) groups is 1. The Morgan fingerprint density at radius 2 is 1.77 bits per heavy atom. The van der Waals surface area contributed by atoms with Crippen molar-refractivity contribution in [1.82, 2.24) is 15.0 Å². The minimum absolute atomic E-state index is 0.0871. The van der Waals surface area contributed by atoms with E-state index in [0.717, 1.165) is 36.8 Å². The van der Waals surface area contributed by atoms with Gasteiger partial charge in [-0.05, 0) is 38.1 Å². The Morgan fingerprint density at radius 3 is 2.35 bits per heavy atom. The monoisotopic (exact) mass is 359 g/mol. The molecule has 0 saturated carbocycles. The summed E-state index contributed by atoms with van der Waals surface area (Å²) in [4.78, 5) is 16.4. The van der Waals surface area contributed by atoms with E-state index in [-0.39, 0.29) is 5.91 Å². The van der Waals surface area contributed by atoms with Crippen molar-refractivity contribution >= 4 is 5.91 Å². The third-order valence-corrected chi connectivity index (χ3v) is 4.31. The van der Waals surface area contributed by atoms with Gasteiger partial charge < -0.3 is 18.9 Å². The van der Waals surface area contributed by atoms with E-state index in [1.165, 1.54) is 0 Å². The van der Waals surface area contributed by atoms with Gasteiger partial charge in [0.2, 0.25) is 5.76 Å². The second-order valence-electron chi connectivity index (χ2n) is 6.22. The van der Waals surface area contributed by atoms with Crippen molar-refractivity contribution < 1.29 is 18.8 Å². The summed E-state index contributed by atoms with van der Waals surface area (Å²) in [5, 5.41) is 3.78. The van der Waals surface area contributed by atoms with Crippen molar-refractivity contribution in [2.75, 3.05) is 45.9 Å². The zero-order valence-corrected chi connectivity index (χ0v) is 15.3. The fourth-order valence-electron chi connectivity index (χ4n) is 2.89. The van der Waals surface area contributed by atoms with Gasteiger partial charge in [-0.2, -0.15) is 0 Å². The van der Waals surface area contributed by atoms with Crippen molar-refractivity contribution in [2.24, 2.45) is 0 Å². The van der Waals surface area contributed by atoms with E-state index in [1.807, 2.05) is 43.0 Å². The average molecular weight is 359 g/mol. The van der Waals surface area contributed by atoms with Crippen LogP contribution in [0.1, 0.15) is 23.2 Å². The molecule has 3 rings (SSSR count). The Labute approximate surface area is 153 Å². The first kappa shape index (κ1) is 18.3. The number of benzene rings is 1. The molecule has 1 fully saturated rings. The largest absolute Gasteiger partial charge is 0.494 e. The summed E-state index contributed by atoms with van der Waals surface area (Å²) in [6.07, 6.45) is 0. The minimum atomic E-state index is -0.0871. The zero-order chi connectivity index (χ0) is 18.4. The van der Waals surface area contributed by atoms with E-state index in [0.29, 0.717) is 32.1 Å². The van der Waals surface area contributed by atoms with Gasteiger partial charge in [-0.15, -0.1) is 0 Å². The second kappa shape index (κ2) is 8.71. The SMILES string of the molecule is CCOc1ccc(OCCN2CCN(C(=O)c3cc(C)no3)CC2)cc1. The molecule has 1 aliphatic rings. The lowest BCUT2D eigenvalue weighted by Gasteiger charge is -2.34. The van der Waals surface area contributed by atoms with Crippen LogP contribution in [0.2, 0.25) is 0 Å². The first-order valence-corrected chi connectivity index (χ1v) is 8.96. The molecule has 1 amide bonds. The van der Waals surface area contributed by atoms with Crippen molar-refractivity contribution in [2.45, 2.75) is 13.8 Å². The fourth-order valence-corrected chi connectivity index (χ4v) is 2.89. The van der Waals surface area contributed by atoms with Crippen molar-refractivity contribution in [3.63, 3.8) is 0 Å². The molecule has 2 aromatic rings.